The molecule has 0 aliphatic heterocycles. The van der Waals surface area contributed by atoms with Gasteiger partial charge >= 0.3 is 0 Å². The Bertz CT molecular complexity index is 507. The van der Waals surface area contributed by atoms with E-state index in [0.29, 0.717) is 10.7 Å². The number of hydrogen-bond donors (Lipinski definition) is 1. The second kappa shape index (κ2) is 4.76. The van der Waals surface area contributed by atoms with E-state index in [2.05, 4.69) is 26.2 Å². The van der Waals surface area contributed by atoms with Gasteiger partial charge in [0.05, 0.1) is 4.88 Å². The Morgan fingerprint density at radius 2 is 2.19 bits per heavy atom. The minimum Gasteiger partial charge on any atom is -0.306 e. The summed E-state index contributed by atoms with van der Waals surface area (Å²) in [4.78, 5) is 17.7. The van der Waals surface area contributed by atoms with E-state index in [4.69, 9.17) is 0 Å². The van der Waals surface area contributed by atoms with Crippen molar-refractivity contribution in [3.63, 3.8) is 0 Å². The van der Waals surface area contributed by atoms with Gasteiger partial charge in [-0.15, -0.1) is 11.3 Å². The first-order chi connectivity index (χ1) is 7.65. The van der Waals surface area contributed by atoms with Crippen molar-refractivity contribution < 1.29 is 4.79 Å². The highest BCUT2D eigenvalue weighted by molar-refractivity contribution is 9.10. The molecule has 1 amide bonds. The van der Waals surface area contributed by atoms with Gasteiger partial charge in [-0.2, -0.15) is 0 Å². The quantitative estimate of drug-likeness (QED) is 0.922. The highest BCUT2D eigenvalue weighted by Crippen LogP contribution is 2.17. The Kier molecular flexibility index (Phi) is 3.36. The number of aryl methyl sites for hydroxylation is 1. The zero-order chi connectivity index (χ0) is 11.5. The lowest BCUT2D eigenvalue weighted by Gasteiger charge is -2.01. The molecule has 0 saturated carbocycles. The van der Waals surface area contributed by atoms with Crippen LogP contribution in [0.1, 0.15) is 14.5 Å². The number of nitrogens with one attached hydrogen (secondary N) is 1. The van der Waals surface area contributed by atoms with Crippen LogP contribution in [0, 0.1) is 6.92 Å². The van der Waals surface area contributed by atoms with E-state index < -0.39 is 0 Å². The normalized spacial score (nSPS) is 10.1. The van der Waals surface area contributed by atoms with Crippen LogP contribution in [0.3, 0.4) is 0 Å². The maximum Gasteiger partial charge on any atom is 0.266 e. The molecule has 2 rings (SSSR count). The molecule has 82 valence electrons. The Labute approximate surface area is 106 Å². The zero-order valence-electron chi connectivity index (χ0n) is 8.53. The third-order valence-electron chi connectivity index (χ3n) is 1.93. The van der Waals surface area contributed by atoms with E-state index in [-0.39, 0.29) is 5.91 Å². The fourth-order valence-corrected chi connectivity index (χ4v) is 2.18. The van der Waals surface area contributed by atoms with Crippen LogP contribution in [0.15, 0.2) is 34.9 Å². The number of nitrogens with zero attached hydrogens (tertiary/aromatic N) is 1. The molecule has 1 N–H and O–H groups in total. The first-order valence-corrected chi connectivity index (χ1v) is 6.25. The average molecular weight is 297 g/mol. The number of aromatic nitrogens is 1. The van der Waals surface area contributed by atoms with Crippen molar-refractivity contribution in [2.24, 2.45) is 0 Å². The smallest absolute Gasteiger partial charge is 0.266 e. The van der Waals surface area contributed by atoms with Crippen molar-refractivity contribution in [3.05, 3.63) is 44.7 Å². The number of anilines is 1. The van der Waals surface area contributed by atoms with Crippen LogP contribution in [0.5, 0.6) is 0 Å². The van der Waals surface area contributed by atoms with E-state index >= 15 is 0 Å². The van der Waals surface area contributed by atoms with E-state index in [1.54, 1.807) is 12.3 Å². The molecule has 0 aliphatic rings. The fraction of sp³-hybridized carbons (Fsp3) is 0.0909. The number of amides is 1. The minimum absolute atomic E-state index is 0.118. The monoisotopic (exact) mass is 296 g/mol. The van der Waals surface area contributed by atoms with Gasteiger partial charge in [-0.3, -0.25) is 4.79 Å². The summed E-state index contributed by atoms with van der Waals surface area (Å²) in [6.07, 6.45) is 1.65. The van der Waals surface area contributed by atoms with Gasteiger partial charge in [-0.05, 0) is 47.1 Å². The molecule has 0 bridgehead atoms. The largest absolute Gasteiger partial charge is 0.306 e. The van der Waals surface area contributed by atoms with Crippen LogP contribution in [0.2, 0.25) is 0 Å². The molecule has 0 spiro atoms. The summed E-state index contributed by atoms with van der Waals surface area (Å²) < 4.78 is 0.887. The number of halogens is 1. The van der Waals surface area contributed by atoms with Crippen molar-refractivity contribution in [2.75, 3.05) is 5.32 Å². The molecule has 3 nitrogen and oxygen atoms in total. The third-order valence-corrected chi connectivity index (χ3v) is 3.40. The van der Waals surface area contributed by atoms with Crippen molar-refractivity contribution in [1.29, 1.82) is 0 Å². The maximum absolute atomic E-state index is 11.8. The lowest BCUT2D eigenvalue weighted by atomic mass is 10.4. The standard InChI is InChI=1S/C11H9BrN2OS/c1-7-2-4-9(16-7)11(15)14-10-5-3-8(12)6-13-10/h2-6H,1H3,(H,13,14,15). The number of rotatable bonds is 2. The fourth-order valence-electron chi connectivity index (χ4n) is 1.18. The number of thiophene rings is 1. The van der Waals surface area contributed by atoms with Crippen molar-refractivity contribution in [3.8, 4) is 0 Å². The van der Waals surface area contributed by atoms with Crippen molar-refractivity contribution in [2.45, 2.75) is 6.92 Å². The Hall–Kier alpha value is -1.20. The molecule has 0 fully saturated rings. The van der Waals surface area contributed by atoms with Crippen LogP contribution in [0.25, 0.3) is 0 Å². The molecule has 16 heavy (non-hydrogen) atoms. The number of carbonyl (C=O) groups excluding carboxylic acids is 1. The molecule has 2 heterocycles. The SMILES string of the molecule is Cc1ccc(C(=O)Nc2ccc(Br)cn2)s1. The predicted octanol–water partition coefficient (Wildman–Crippen LogP) is 3.47. The number of hydrogen-bond acceptors (Lipinski definition) is 3. The third kappa shape index (κ3) is 2.68. The lowest BCUT2D eigenvalue weighted by Crippen LogP contribution is -2.10. The van der Waals surface area contributed by atoms with Gasteiger partial charge in [0.2, 0.25) is 0 Å². The molecular weight excluding hydrogens is 288 g/mol. The molecule has 0 radical (unpaired) electrons. The number of carbonyl (C=O) groups is 1. The highest BCUT2D eigenvalue weighted by Gasteiger charge is 2.08. The summed E-state index contributed by atoms with van der Waals surface area (Å²) in [6.45, 7) is 1.97. The predicted molar refractivity (Wildman–Crippen MR) is 68.9 cm³/mol. The van der Waals surface area contributed by atoms with E-state index in [0.717, 1.165) is 9.35 Å². The van der Waals surface area contributed by atoms with Crippen molar-refractivity contribution in [1.82, 2.24) is 4.98 Å². The van der Waals surface area contributed by atoms with Gasteiger partial charge in [0.25, 0.3) is 5.91 Å². The Morgan fingerprint density at radius 1 is 1.38 bits per heavy atom. The van der Waals surface area contributed by atoms with Crippen LogP contribution in [0.4, 0.5) is 5.82 Å². The van der Waals surface area contributed by atoms with Gasteiger partial charge in [0.1, 0.15) is 5.82 Å². The Balaban J connectivity index is 2.10. The maximum atomic E-state index is 11.8. The molecule has 0 unspecified atom stereocenters. The van der Waals surface area contributed by atoms with Crippen LogP contribution >= 0.6 is 27.3 Å². The van der Waals surface area contributed by atoms with Gasteiger partial charge in [0.15, 0.2) is 0 Å². The molecule has 2 aromatic rings. The summed E-state index contributed by atoms with van der Waals surface area (Å²) in [5.41, 5.74) is 0. The molecule has 5 heteroatoms. The van der Waals surface area contributed by atoms with Gasteiger partial charge in [0, 0.05) is 15.5 Å². The molecule has 0 atom stereocenters. The second-order valence-electron chi connectivity index (χ2n) is 3.23. The summed E-state index contributed by atoms with van der Waals surface area (Å²) in [5.74, 6) is 0.437. The summed E-state index contributed by atoms with van der Waals surface area (Å²) in [7, 11) is 0. The van der Waals surface area contributed by atoms with E-state index in [1.165, 1.54) is 11.3 Å². The van der Waals surface area contributed by atoms with Crippen LogP contribution in [-0.4, -0.2) is 10.9 Å². The summed E-state index contributed by atoms with van der Waals surface area (Å²) >= 11 is 4.76. The minimum atomic E-state index is -0.118. The van der Waals surface area contributed by atoms with Gasteiger partial charge < -0.3 is 5.32 Å². The van der Waals surface area contributed by atoms with Crippen LogP contribution in [-0.2, 0) is 0 Å². The van der Waals surface area contributed by atoms with Gasteiger partial charge in [-0.25, -0.2) is 4.98 Å². The zero-order valence-corrected chi connectivity index (χ0v) is 10.9. The molecule has 2 aromatic heterocycles. The molecular formula is C11H9BrN2OS. The van der Waals surface area contributed by atoms with Gasteiger partial charge in [-0.1, -0.05) is 0 Å². The van der Waals surface area contributed by atoms with E-state index in [1.807, 2.05) is 25.1 Å². The molecule has 0 aliphatic carbocycles. The first-order valence-electron chi connectivity index (χ1n) is 4.64. The summed E-state index contributed by atoms with van der Waals surface area (Å²) in [5, 5.41) is 2.74. The second-order valence-corrected chi connectivity index (χ2v) is 5.43. The first kappa shape index (κ1) is 11.3. The Morgan fingerprint density at radius 3 is 2.75 bits per heavy atom. The number of pyridine rings is 1. The van der Waals surface area contributed by atoms with Crippen molar-refractivity contribution >= 4 is 39.0 Å². The lowest BCUT2D eigenvalue weighted by molar-refractivity contribution is 0.103. The topological polar surface area (TPSA) is 42.0 Å². The van der Waals surface area contributed by atoms with E-state index in [9.17, 15) is 4.79 Å². The summed E-state index contributed by atoms with van der Waals surface area (Å²) in [6, 6.07) is 7.33. The molecule has 0 saturated heterocycles. The average Bonchev–Trinajstić information content (AvgIpc) is 2.68. The highest BCUT2D eigenvalue weighted by atomic mass is 79.9. The van der Waals surface area contributed by atoms with Crippen LogP contribution < -0.4 is 5.32 Å². The molecule has 0 aromatic carbocycles.